The van der Waals surface area contributed by atoms with Crippen molar-refractivity contribution in [3.63, 3.8) is 0 Å². The van der Waals surface area contributed by atoms with Crippen LogP contribution in [0.4, 0.5) is 0 Å². The van der Waals surface area contributed by atoms with Gasteiger partial charge in [0.1, 0.15) is 0 Å². The summed E-state index contributed by atoms with van der Waals surface area (Å²) in [6, 6.07) is 9.66. The van der Waals surface area contributed by atoms with E-state index in [1.54, 1.807) is 17.0 Å². The van der Waals surface area contributed by atoms with Gasteiger partial charge < -0.3 is 5.32 Å². The van der Waals surface area contributed by atoms with Crippen LogP contribution in [0.25, 0.3) is 16.6 Å². The number of nitrogens with one attached hydrogen (secondary N) is 1. The highest BCUT2D eigenvalue weighted by molar-refractivity contribution is 5.93. The summed E-state index contributed by atoms with van der Waals surface area (Å²) in [5.74, 6) is -0.258. The van der Waals surface area contributed by atoms with Crippen LogP contribution in [0.5, 0.6) is 0 Å². The fourth-order valence-corrected chi connectivity index (χ4v) is 2.23. The van der Waals surface area contributed by atoms with Crippen molar-refractivity contribution in [1.29, 1.82) is 0 Å². The van der Waals surface area contributed by atoms with E-state index in [0.717, 1.165) is 16.6 Å². The minimum absolute atomic E-state index is 0.258. The van der Waals surface area contributed by atoms with E-state index in [0.29, 0.717) is 17.9 Å². The van der Waals surface area contributed by atoms with Gasteiger partial charge in [0.15, 0.2) is 5.69 Å². The number of carbonyl (C=O) groups excluding carboxylic acids is 1. The first kappa shape index (κ1) is 13.9. The summed E-state index contributed by atoms with van der Waals surface area (Å²) in [5.41, 5.74) is 2.75. The molecule has 0 aliphatic carbocycles. The fourth-order valence-electron chi connectivity index (χ4n) is 2.23. The van der Waals surface area contributed by atoms with Gasteiger partial charge in [-0.2, -0.15) is 0 Å². The van der Waals surface area contributed by atoms with Crippen LogP contribution in [-0.2, 0) is 0 Å². The maximum Gasteiger partial charge on any atom is 0.274 e. The van der Waals surface area contributed by atoms with Crippen LogP contribution >= 0.6 is 0 Å². The molecule has 0 spiro atoms. The lowest BCUT2D eigenvalue weighted by atomic mass is 10.2. The van der Waals surface area contributed by atoms with Crippen molar-refractivity contribution in [3.8, 4) is 5.69 Å². The molecule has 1 N–H and O–H groups in total. The molecule has 22 heavy (non-hydrogen) atoms. The lowest BCUT2D eigenvalue weighted by Gasteiger charge is -2.05. The van der Waals surface area contributed by atoms with Crippen molar-refractivity contribution in [2.75, 3.05) is 6.54 Å². The molecule has 0 saturated carbocycles. The molecule has 0 radical (unpaired) electrons. The second kappa shape index (κ2) is 5.77. The van der Waals surface area contributed by atoms with Crippen molar-refractivity contribution in [1.82, 2.24) is 25.3 Å². The largest absolute Gasteiger partial charge is 0.347 e. The number of hydrogen-bond donors (Lipinski definition) is 1. The van der Waals surface area contributed by atoms with E-state index in [1.165, 1.54) is 0 Å². The van der Waals surface area contributed by atoms with Crippen LogP contribution in [-0.4, -0.2) is 32.4 Å². The van der Waals surface area contributed by atoms with E-state index in [2.05, 4.69) is 27.2 Å². The normalized spacial score (nSPS) is 10.6. The first-order chi connectivity index (χ1) is 10.7. The Hall–Kier alpha value is -3.02. The number of pyridine rings is 1. The van der Waals surface area contributed by atoms with Crippen molar-refractivity contribution >= 4 is 16.8 Å². The molecule has 2 heterocycles. The van der Waals surface area contributed by atoms with Crippen LogP contribution in [0.15, 0.2) is 49.2 Å². The average Bonchev–Trinajstić information content (AvgIpc) is 2.94. The number of aromatic nitrogens is 4. The summed E-state index contributed by atoms with van der Waals surface area (Å²) in [6.07, 6.45) is 3.37. The summed E-state index contributed by atoms with van der Waals surface area (Å²) in [4.78, 5) is 16.3. The zero-order chi connectivity index (χ0) is 15.5. The van der Waals surface area contributed by atoms with Gasteiger partial charge in [-0.3, -0.25) is 9.78 Å². The zero-order valence-corrected chi connectivity index (χ0v) is 12.2. The molecule has 0 fully saturated rings. The maximum absolute atomic E-state index is 12.0. The van der Waals surface area contributed by atoms with Crippen molar-refractivity contribution < 1.29 is 4.79 Å². The Morgan fingerprint density at radius 1 is 1.41 bits per heavy atom. The van der Waals surface area contributed by atoms with E-state index in [1.807, 2.05) is 37.3 Å². The van der Waals surface area contributed by atoms with Crippen molar-refractivity contribution in [2.24, 2.45) is 0 Å². The van der Waals surface area contributed by atoms with E-state index < -0.39 is 0 Å². The van der Waals surface area contributed by atoms with E-state index in [4.69, 9.17) is 0 Å². The predicted molar refractivity (Wildman–Crippen MR) is 83.9 cm³/mol. The van der Waals surface area contributed by atoms with Crippen molar-refractivity contribution in [3.05, 3.63) is 60.6 Å². The third kappa shape index (κ3) is 2.46. The smallest absolute Gasteiger partial charge is 0.274 e. The van der Waals surface area contributed by atoms with Gasteiger partial charge in [-0.15, -0.1) is 11.7 Å². The molecule has 6 nitrogen and oxygen atoms in total. The second-order valence-corrected chi connectivity index (χ2v) is 4.81. The number of hydrogen-bond acceptors (Lipinski definition) is 4. The Morgan fingerprint density at radius 3 is 3.09 bits per heavy atom. The molecule has 0 saturated heterocycles. The monoisotopic (exact) mass is 293 g/mol. The van der Waals surface area contributed by atoms with Gasteiger partial charge in [-0.1, -0.05) is 17.4 Å². The van der Waals surface area contributed by atoms with Crippen LogP contribution in [0.1, 0.15) is 16.2 Å². The summed E-state index contributed by atoms with van der Waals surface area (Å²) < 4.78 is 1.65. The van der Waals surface area contributed by atoms with Crippen LogP contribution in [0.3, 0.4) is 0 Å². The highest BCUT2D eigenvalue weighted by atomic mass is 16.2. The number of benzene rings is 1. The second-order valence-electron chi connectivity index (χ2n) is 4.81. The van der Waals surface area contributed by atoms with Crippen molar-refractivity contribution in [2.45, 2.75) is 6.92 Å². The predicted octanol–water partition coefficient (Wildman–Crippen LogP) is 2.04. The van der Waals surface area contributed by atoms with Crippen LogP contribution in [0, 0.1) is 6.92 Å². The van der Waals surface area contributed by atoms with E-state index >= 15 is 0 Å². The van der Waals surface area contributed by atoms with Gasteiger partial charge in [0, 0.05) is 18.1 Å². The molecule has 0 atom stereocenters. The SMILES string of the molecule is C=CCNC(=O)c1nnn(-c2ccc3ncccc3c2)c1C. The molecule has 1 amide bonds. The summed E-state index contributed by atoms with van der Waals surface area (Å²) in [7, 11) is 0. The Kier molecular flexibility index (Phi) is 3.65. The molecular formula is C16H15N5O. The Labute approximate surface area is 127 Å². The quantitative estimate of drug-likeness (QED) is 0.747. The first-order valence-corrected chi connectivity index (χ1v) is 6.87. The molecular weight excluding hydrogens is 278 g/mol. The zero-order valence-electron chi connectivity index (χ0n) is 12.2. The lowest BCUT2D eigenvalue weighted by Crippen LogP contribution is -2.24. The minimum Gasteiger partial charge on any atom is -0.347 e. The molecule has 0 aliphatic rings. The molecule has 0 unspecified atom stereocenters. The summed E-state index contributed by atoms with van der Waals surface area (Å²) >= 11 is 0. The van der Waals surface area contributed by atoms with Gasteiger partial charge in [-0.25, -0.2) is 4.68 Å². The lowest BCUT2D eigenvalue weighted by molar-refractivity contribution is 0.0952. The molecule has 6 heteroatoms. The molecule has 0 bridgehead atoms. The fraction of sp³-hybridized carbons (Fsp3) is 0.125. The van der Waals surface area contributed by atoms with Gasteiger partial charge in [0.2, 0.25) is 0 Å². The molecule has 3 rings (SSSR count). The number of rotatable bonds is 4. The standard InChI is InChI=1S/C16H15N5O/c1-3-8-18-16(22)15-11(2)21(20-19-15)13-6-7-14-12(10-13)5-4-9-17-14/h3-7,9-10H,1,8H2,2H3,(H,18,22). The summed E-state index contributed by atoms with van der Waals surface area (Å²) in [5, 5.41) is 11.8. The number of nitrogens with zero attached hydrogens (tertiary/aromatic N) is 4. The number of fused-ring (bicyclic) bond motifs is 1. The Morgan fingerprint density at radius 2 is 2.27 bits per heavy atom. The van der Waals surface area contributed by atoms with Gasteiger partial charge in [-0.05, 0) is 31.2 Å². The number of amides is 1. The van der Waals surface area contributed by atoms with Crippen LogP contribution < -0.4 is 5.32 Å². The Bertz CT molecular complexity index is 853. The average molecular weight is 293 g/mol. The summed E-state index contributed by atoms with van der Waals surface area (Å²) in [6.45, 7) is 5.78. The third-order valence-corrected chi connectivity index (χ3v) is 3.35. The molecule has 110 valence electrons. The molecule has 1 aromatic carbocycles. The Balaban J connectivity index is 1.99. The van der Waals surface area contributed by atoms with Gasteiger partial charge in [0.05, 0.1) is 16.9 Å². The number of carbonyl (C=O) groups is 1. The molecule has 0 aliphatic heterocycles. The third-order valence-electron chi connectivity index (χ3n) is 3.35. The molecule has 2 aromatic heterocycles. The highest BCUT2D eigenvalue weighted by Crippen LogP contribution is 2.18. The topological polar surface area (TPSA) is 72.7 Å². The first-order valence-electron chi connectivity index (χ1n) is 6.87. The van der Waals surface area contributed by atoms with E-state index in [-0.39, 0.29) is 5.91 Å². The van der Waals surface area contributed by atoms with Gasteiger partial charge >= 0.3 is 0 Å². The maximum atomic E-state index is 12.0. The minimum atomic E-state index is -0.258. The molecule has 3 aromatic rings. The van der Waals surface area contributed by atoms with E-state index in [9.17, 15) is 4.79 Å². The highest BCUT2D eigenvalue weighted by Gasteiger charge is 2.16. The van der Waals surface area contributed by atoms with Gasteiger partial charge in [0.25, 0.3) is 5.91 Å². The van der Waals surface area contributed by atoms with Crippen LogP contribution in [0.2, 0.25) is 0 Å².